The van der Waals surface area contributed by atoms with Crippen LogP contribution in [0, 0.1) is 6.92 Å². The van der Waals surface area contributed by atoms with Gasteiger partial charge in [-0.1, -0.05) is 23.7 Å². The van der Waals surface area contributed by atoms with Gasteiger partial charge in [-0.2, -0.15) is 0 Å². The van der Waals surface area contributed by atoms with Crippen molar-refractivity contribution in [1.29, 1.82) is 0 Å². The first-order chi connectivity index (χ1) is 7.59. The number of para-hydroxylation sites is 1. The zero-order valence-electron chi connectivity index (χ0n) is 8.64. The van der Waals surface area contributed by atoms with Crippen LogP contribution < -0.4 is 11.2 Å². The van der Waals surface area contributed by atoms with Crippen LogP contribution in [0.2, 0.25) is 5.02 Å². The standard InChI is InChI=1S/C11H10ClN3O/c1-7-6-10(16)11(13)14-15(7)9-5-3-2-4-8(9)12/h2-6H,1H3,(H2,13,14). The average Bonchev–Trinajstić information content (AvgIpc) is 2.25. The molecule has 1 aromatic heterocycles. The van der Waals surface area contributed by atoms with E-state index in [2.05, 4.69) is 5.10 Å². The highest BCUT2D eigenvalue weighted by Gasteiger charge is 2.07. The molecule has 0 saturated heterocycles. The molecular weight excluding hydrogens is 226 g/mol. The summed E-state index contributed by atoms with van der Waals surface area (Å²) in [6.07, 6.45) is 0. The van der Waals surface area contributed by atoms with Crippen molar-refractivity contribution in [2.45, 2.75) is 6.92 Å². The van der Waals surface area contributed by atoms with Gasteiger partial charge in [0.2, 0.25) is 5.43 Å². The van der Waals surface area contributed by atoms with Gasteiger partial charge in [0, 0.05) is 11.8 Å². The van der Waals surface area contributed by atoms with Gasteiger partial charge in [-0.15, -0.1) is 5.10 Å². The van der Waals surface area contributed by atoms with Crippen LogP contribution in [0.15, 0.2) is 35.1 Å². The molecule has 82 valence electrons. The maximum absolute atomic E-state index is 11.3. The molecule has 0 aliphatic rings. The lowest BCUT2D eigenvalue weighted by atomic mass is 10.3. The van der Waals surface area contributed by atoms with Crippen LogP contribution in [0.4, 0.5) is 5.82 Å². The molecule has 0 atom stereocenters. The fraction of sp³-hybridized carbons (Fsp3) is 0.0909. The highest BCUT2D eigenvalue weighted by Crippen LogP contribution is 2.19. The van der Waals surface area contributed by atoms with Gasteiger partial charge in [-0.25, -0.2) is 4.68 Å². The van der Waals surface area contributed by atoms with Crippen molar-refractivity contribution in [3.05, 3.63) is 51.3 Å². The second-order valence-corrected chi connectivity index (χ2v) is 3.81. The first-order valence-electron chi connectivity index (χ1n) is 4.71. The minimum Gasteiger partial charge on any atom is -0.379 e. The summed E-state index contributed by atoms with van der Waals surface area (Å²) in [5.74, 6) is -0.0366. The maximum Gasteiger partial charge on any atom is 0.224 e. The number of nitrogens with zero attached hydrogens (tertiary/aromatic N) is 2. The van der Waals surface area contributed by atoms with E-state index >= 15 is 0 Å². The van der Waals surface area contributed by atoms with Crippen molar-refractivity contribution in [2.24, 2.45) is 0 Å². The molecule has 0 radical (unpaired) electrons. The number of aryl methyl sites for hydroxylation is 1. The molecule has 4 nitrogen and oxygen atoms in total. The monoisotopic (exact) mass is 235 g/mol. The molecule has 0 bridgehead atoms. The van der Waals surface area contributed by atoms with Gasteiger partial charge in [0.15, 0.2) is 5.82 Å². The van der Waals surface area contributed by atoms with Crippen molar-refractivity contribution >= 4 is 17.4 Å². The zero-order chi connectivity index (χ0) is 11.7. The Morgan fingerprint density at radius 1 is 1.38 bits per heavy atom. The predicted octanol–water partition coefficient (Wildman–Crippen LogP) is 1.78. The maximum atomic E-state index is 11.3. The Bertz CT molecular complexity index is 592. The van der Waals surface area contributed by atoms with Crippen LogP contribution in [0.1, 0.15) is 5.69 Å². The minimum absolute atomic E-state index is 0.0366. The average molecular weight is 236 g/mol. The lowest BCUT2D eigenvalue weighted by Gasteiger charge is -2.10. The highest BCUT2D eigenvalue weighted by molar-refractivity contribution is 6.32. The fourth-order valence-electron chi connectivity index (χ4n) is 1.43. The third-order valence-electron chi connectivity index (χ3n) is 2.21. The number of rotatable bonds is 1. The minimum atomic E-state index is -0.277. The SMILES string of the molecule is Cc1cc(=O)c(N)nn1-c1ccccc1Cl. The number of halogens is 1. The Labute approximate surface area is 97.3 Å². The van der Waals surface area contributed by atoms with Crippen molar-refractivity contribution in [1.82, 2.24) is 9.78 Å². The predicted molar refractivity (Wildman–Crippen MR) is 64.0 cm³/mol. The molecule has 0 fully saturated rings. The summed E-state index contributed by atoms with van der Waals surface area (Å²) >= 11 is 6.04. The van der Waals surface area contributed by atoms with Gasteiger partial charge in [-0.3, -0.25) is 4.79 Å². The summed E-state index contributed by atoms with van der Waals surface area (Å²) in [6.45, 7) is 1.77. The Kier molecular flexibility index (Phi) is 2.66. The van der Waals surface area contributed by atoms with Crippen molar-refractivity contribution < 1.29 is 0 Å². The van der Waals surface area contributed by atoms with Crippen LogP contribution in [-0.4, -0.2) is 9.78 Å². The largest absolute Gasteiger partial charge is 0.379 e. The molecule has 2 rings (SSSR count). The van der Waals surface area contributed by atoms with Crippen LogP contribution in [-0.2, 0) is 0 Å². The summed E-state index contributed by atoms with van der Waals surface area (Å²) in [4.78, 5) is 11.3. The van der Waals surface area contributed by atoms with Crippen LogP contribution in [0.5, 0.6) is 0 Å². The Balaban J connectivity index is 2.70. The smallest absolute Gasteiger partial charge is 0.224 e. The van der Waals surface area contributed by atoms with E-state index < -0.39 is 0 Å². The number of nitrogens with two attached hydrogens (primary N) is 1. The summed E-state index contributed by atoms with van der Waals surface area (Å²) in [5, 5.41) is 4.56. The van der Waals surface area contributed by atoms with Crippen molar-refractivity contribution in [3.63, 3.8) is 0 Å². The molecule has 5 heteroatoms. The Morgan fingerprint density at radius 2 is 2.06 bits per heavy atom. The van der Waals surface area contributed by atoms with Gasteiger partial charge in [0.25, 0.3) is 0 Å². The van der Waals surface area contributed by atoms with Gasteiger partial charge < -0.3 is 5.73 Å². The molecule has 0 amide bonds. The van der Waals surface area contributed by atoms with E-state index in [1.165, 1.54) is 6.07 Å². The Morgan fingerprint density at radius 3 is 2.75 bits per heavy atom. The van der Waals surface area contributed by atoms with Crippen LogP contribution in [0.25, 0.3) is 5.69 Å². The number of hydrogen-bond acceptors (Lipinski definition) is 3. The quantitative estimate of drug-likeness (QED) is 0.820. The second-order valence-electron chi connectivity index (χ2n) is 3.40. The van der Waals surface area contributed by atoms with E-state index in [0.29, 0.717) is 16.4 Å². The summed E-state index contributed by atoms with van der Waals surface area (Å²) in [7, 11) is 0. The normalized spacial score (nSPS) is 10.4. The molecular formula is C11H10ClN3O. The van der Waals surface area contributed by atoms with Gasteiger partial charge in [-0.05, 0) is 19.1 Å². The van der Waals surface area contributed by atoms with Crippen molar-refractivity contribution in [3.8, 4) is 5.69 Å². The van der Waals surface area contributed by atoms with Gasteiger partial charge in [0.05, 0.1) is 10.7 Å². The number of nitrogen functional groups attached to an aromatic ring is 1. The third kappa shape index (κ3) is 1.79. The first kappa shape index (κ1) is 10.7. The molecule has 1 aromatic carbocycles. The summed E-state index contributed by atoms with van der Waals surface area (Å²) < 4.78 is 1.55. The number of aromatic nitrogens is 2. The topological polar surface area (TPSA) is 60.9 Å². The van der Waals surface area contributed by atoms with E-state index in [0.717, 1.165) is 0 Å². The number of anilines is 1. The van der Waals surface area contributed by atoms with Crippen LogP contribution >= 0.6 is 11.6 Å². The molecule has 0 unspecified atom stereocenters. The molecule has 1 heterocycles. The van der Waals surface area contributed by atoms with E-state index in [9.17, 15) is 4.79 Å². The van der Waals surface area contributed by atoms with Gasteiger partial charge >= 0.3 is 0 Å². The molecule has 2 N–H and O–H groups in total. The van der Waals surface area contributed by atoms with E-state index in [1.807, 2.05) is 18.2 Å². The fourth-order valence-corrected chi connectivity index (χ4v) is 1.64. The lowest BCUT2D eigenvalue weighted by molar-refractivity contribution is 0.808. The number of benzene rings is 1. The highest BCUT2D eigenvalue weighted by atomic mass is 35.5. The van der Waals surface area contributed by atoms with Crippen LogP contribution in [0.3, 0.4) is 0 Å². The molecule has 0 spiro atoms. The molecule has 0 saturated carbocycles. The summed E-state index contributed by atoms with van der Waals surface area (Å²) in [5.41, 5.74) is 6.60. The van der Waals surface area contributed by atoms with E-state index in [4.69, 9.17) is 17.3 Å². The van der Waals surface area contributed by atoms with E-state index in [-0.39, 0.29) is 11.2 Å². The third-order valence-corrected chi connectivity index (χ3v) is 2.53. The van der Waals surface area contributed by atoms with Gasteiger partial charge in [0.1, 0.15) is 0 Å². The molecule has 2 aromatic rings. The lowest BCUT2D eigenvalue weighted by Crippen LogP contribution is -2.17. The number of hydrogen-bond donors (Lipinski definition) is 1. The molecule has 16 heavy (non-hydrogen) atoms. The Hall–Kier alpha value is -1.81. The molecule has 0 aliphatic carbocycles. The van der Waals surface area contributed by atoms with E-state index in [1.54, 1.807) is 17.7 Å². The van der Waals surface area contributed by atoms with Crippen molar-refractivity contribution in [2.75, 3.05) is 5.73 Å². The molecule has 0 aliphatic heterocycles. The summed E-state index contributed by atoms with van der Waals surface area (Å²) in [6, 6.07) is 8.67. The second kappa shape index (κ2) is 3.98. The zero-order valence-corrected chi connectivity index (χ0v) is 9.40. The first-order valence-corrected chi connectivity index (χ1v) is 5.09.